The van der Waals surface area contributed by atoms with E-state index in [0.29, 0.717) is 22.9 Å². The van der Waals surface area contributed by atoms with Crippen LogP contribution in [0.5, 0.6) is 0 Å². The molecule has 0 aliphatic heterocycles. The Morgan fingerprint density at radius 1 is 1.03 bits per heavy atom. The topological polar surface area (TPSA) is 72.7 Å². The van der Waals surface area contributed by atoms with E-state index in [4.69, 9.17) is 11.6 Å². The Kier molecular flexibility index (Phi) is 7.99. The Labute approximate surface area is 228 Å². The van der Waals surface area contributed by atoms with Gasteiger partial charge in [0.05, 0.1) is 17.5 Å². The molecule has 0 aliphatic rings. The normalized spacial score (nSPS) is 11.8. The second kappa shape index (κ2) is 11.7. The van der Waals surface area contributed by atoms with Crippen LogP contribution < -0.4 is 5.32 Å². The van der Waals surface area contributed by atoms with Crippen LogP contribution in [0.2, 0.25) is 5.02 Å². The highest BCUT2D eigenvalue weighted by Crippen LogP contribution is 2.28. The third kappa shape index (κ3) is 6.28. The lowest BCUT2D eigenvalue weighted by Gasteiger charge is -2.13. The summed E-state index contributed by atoms with van der Waals surface area (Å²) in [5, 5.41) is 16.0. The number of benzene rings is 3. The van der Waals surface area contributed by atoms with Crippen molar-refractivity contribution in [2.45, 2.75) is 30.3 Å². The molecule has 9 heteroatoms. The second-order valence-electron chi connectivity index (χ2n) is 8.40. The van der Waals surface area contributed by atoms with Gasteiger partial charge in [-0.15, -0.1) is 21.5 Å². The number of rotatable bonds is 9. The number of hydrogen-bond acceptors (Lipinski definition) is 6. The van der Waals surface area contributed by atoms with Gasteiger partial charge in [-0.3, -0.25) is 9.36 Å². The highest BCUT2D eigenvalue weighted by Gasteiger charge is 2.18. The van der Waals surface area contributed by atoms with Gasteiger partial charge in [-0.2, -0.15) is 0 Å². The second-order valence-corrected chi connectivity index (χ2v) is 10.7. The maximum Gasteiger partial charge on any atom is 0.271 e. The van der Waals surface area contributed by atoms with Crippen molar-refractivity contribution < 1.29 is 4.79 Å². The molecular weight excluding hydrogens is 522 g/mol. The first-order chi connectivity index (χ1) is 18.1. The molecule has 37 heavy (non-hydrogen) atoms. The van der Waals surface area contributed by atoms with Gasteiger partial charge in [0, 0.05) is 16.8 Å². The molecule has 186 valence electrons. The lowest BCUT2D eigenvalue weighted by atomic mass is 10.1. The Balaban J connectivity index is 1.31. The number of nitrogens with zero attached hydrogens (tertiary/aromatic N) is 4. The zero-order chi connectivity index (χ0) is 25.6. The van der Waals surface area contributed by atoms with Gasteiger partial charge >= 0.3 is 0 Å². The van der Waals surface area contributed by atoms with Crippen LogP contribution in [0.4, 0.5) is 0 Å². The molecule has 6 nitrogen and oxygen atoms in total. The fourth-order valence-electron chi connectivity index (χ4n) is 3.86. The van der Waals surface area contributed by atoms with Crippen LogP contribution in [0.1, 0.15) is 45.4 Å². The fraction of sp³-hybridized carbons (Fsp3) is 0.143. The molecule has 2 heterocycles. The molecule has 0 saturated carbocycles. The minimum absolute atomic E-state index is 0.104. The molecule has 2 aromatic heterocycles. The summed E-state index contributed by atoms with van der Waals surface area (Å²) in [5.41, 5.74) is 3.52. The summed E-state index contributed by atoms with van der Waals surface area (Å²) in [7, 11) is 0. The molecule has 3 aromatic carbocycles. The maximum absolute atomic E-state index is 12.8. The van der Waals surface area contributed by atoms with Crippen molar-refractivity contribution in [3.63, 3.8) is 0 Å². The summed E-state index contributed by atoms with van der Waals surface area (Å²) < 4.78 is 2.03. The van der Waals surface area contributed by atoms with Crippen LogP contribution >= 0.6 is 34.7 Å². The fourth-order valence-corrected chi connectivity index (χ4v) is 5.81. The van der Waals surface area contributed by atoms with Crippen molar-refractivity contribution in [3.05, 3.63) is 123 Å². The van der Waals surface area contributed by atoms with E-state index in [1.54, 1.807) is 5.38 Å². The summed E-state index contributed by atoms with van der Waals surface area (Å²) in [4.78, 5) is 17.3. The van der Waals surface area contributed by atoms with Gasteiger partial charge in [0.25, 0.3) is 5.91 Å². The van der Waals surface area contributed by atoms with Crippen molar-refractivity contribution in [3.8, 4) is 5.69 Å². The molecule has 5 rings (SSSR count). The molecule has 0 saturated heterocycles. The van der Waals surface area contributed by atoms with Crippen molar-refractivity contribution in [1.82, 2.24) is 25.1 Å². The van der Waals surface area contributed by atoms with Crippen LogP contribution in [0, 0.1) is 0 Å². The largest absolute Gasteiger partial charge is 0.344 e. The van der Waals surface area contributed by atoms with Crippen LogP contribution in [0.3, 0.4) is 0 Å². The van der Waals surface area contributed by atoms with Gasteiger partial charge in [0.15, 0.2) is 5.16 Å². The number of halogens is 1. The van der Waals surface area contributed by atoms with Crippen molar-refractivity contribution in [2.75, 3.05) is 0 Å². The third-order valence-corrected chi connectivity index (χ3v) is 7.93. The Morgan fingerprint density at radius 3 is 2.54 bits per heavy atom. The van der Waals surface area contributed by atoms with Crippen molar-refractivity contribution >= 4 is 40.6 Å². The summed E-state index contributed by atoms with van der Waals surface area (Å²) in [6.45, 7) is 1.96. The van der Waals surface area contributed by atoms with E-state index in [-0.39, 0.29) is 11.9 Å². The monoisotopic (exact) mass is 545 g/mol. The molecule has 1 atom stereocenters. The minimum atomic E-state index is -0.184. The van der Waals surface area contributed by atoms with Crippen LogP contribution in [-0.4, -0.2) is 25.7 Å². The molecule has 0 aliphatic carbocycles. The lowest BCUT2D eigenvalue weighted by Crippen LogP contribution is -2.26. The highest BCUT2D eigenvalue weighted by molar-refractivity contribution is 7.98. The van der Waals surface area contributed by atoms with Gasteiger partial charge in [0.2, 0.25) is 0 Å². The van der Waals surface area contributed by atoms with E-state index in [9.17, 15) is 4.79 Å². The number of thiazole rings is 1. The summed E-state index contributed by atoms with van der Waals surface area (Å²) in [6.07, 6.45) is 0.641. The average Bonchev–Trinajstić information content (AvgIpc) is 3.56. The predicted octanol–water partition coefficient (Wildman–Crippen LogP) is 6.75. The molecule has 5 aromatic rings. The van der Waals surface area contributed by atoms with E-state index in [1.165, 1.54) is 23.1 Å². The summed E-state index contributed by atoms with van der Waals surface area (Å²) >= 11 is 9.29. The minimum Gasteiger partial charge on any atom is -0.344 e. The van der Waals surface area contributed by atoms with E-state index < -0.39 is 0 Å². The van der Waals surface area contributed by atoms with Crippen LogP contribution in [-0.2, 0) is 12.2 Å². The predicted molar refractivity (Wildman–Crippen MR) is 150 cm³/mol. The molecule has 0 radical (unpaired) electrons. The average molecular weight is 546 g/mol. The summed E-state index contributed by atoms with van der Waals surface area (Å²) in [5.74, 6) is 1.21. The van der Waals surface area contributed by atoms with Gasteiger partial charge < -0.3 is 5.32 Å². The first-order valence-electron chi connectivity index (χ1n) is 11.7. The Bertz CT molecular complexity index is 1490. The Hall–Kier alpha value is -3.46. The zero-order valence-corrected chi connectivity index (χ0v) is 22.4. The molecule has 1 unspecified atom stereocenters. The number of aromatic nitrogens is 4. The number of hydrogen-bond donors (Lipinski definition) is 1. The van der Waals surface area contributed by atoms with Gasteiger partial charge in [0.1, 0.15) is 16.5 Å². The SMILES string of the molecule is CC(NC(=O)c1csc(CSc2nnc(Cc3ccccc3)n2-c2cccc(Cl)c2)n1)c1ccccc1. The maximum atomic E-state index is 12.8. The van der Waals surface area contributed by atoms with Crippen molar-refractivity contribution in [2.24, 2.45) is 0 Å². The van der Waals surface area contributed by atoms with Crippen molar-refractivity contribution in [1.29, 1.82) is 0 Å². The number of amides is 1. The van der Waals surface area contributed by atoms with Gasteiger partial charge in [-0.05, 0) is 36.2 Å². The van der Waals surface area contributed by atoms with Gasteiger partial charge in [-0.25, -0.2) is 4.98 Å². The first-order valence-corrected chi connectivity index (χ1v) is 14.0. The molecule has 0 bridgehead atoms. The number of nitrogens with one attached hydrogen (secondary N) is 1. The van der Waals surface area contributed by atoms with Crippen LogP contribution in [0.25, 0.3) is 5.69 Å². The molecule has 1 N–H and O–H groups in total. The Morgan fingerprint density at radius 2 is 1.78 bits per heavy atom. The molecular formula is C28H24ClN5OS2. The number of thioether (sulfide) groups is 1. The third-order valence-electron chi connectivity index (χ3n) is 5.73. The standard InChI is InChI=1S/C28H24ClN5OS2/c1-19(21-11-6-3-7-12-21)30-27(35)24-17-36-26(31-24)18-37-28-33-32-25(15-20-9-4-2-5-10-20)34(28)23-14-8-13-22(29)16-23/h2-14,16-17,19H,15,18H2,1H3,(H,30,35). The van der Waals surface area contributed by atoms with E-state index in [2.05, 4.69) is 32.6 Å². The molecule has 0 fully saturated rings. The highest BCUT2D eigenvalue weighted by atomic mass is 35.5. The lowest BCUT2D eigenvalue weighted by molar-refractivity contribution is 0.0935. The van der Waals surface area contributed by atoms with Crippen LogP contribution in [0.15, 0.2) is 95.5 Å². The molecule has 0 spiro atoms. The van der Waals surface area contributed by atoms with Gasteiger partial charge in [-0.1, -0.05) is 90.1 Å². The van der Waals surface area contributed by atoms with E-state index in [1.807, 2.05) is 84.3 Å². The number of carbonyl (C=O) groups is 1. The molecule has 1 amide bonds. The van der Waals surface area contributed by atoms with E-state index in [0.717, 1.165) is 32.8 Å². The van der Waals surface area contributed by atoms with E-state index >= 15 is 0 Å². The number of carbonyl (C=O) groups excluding carboxylic acids is 1. The summed E-state index contributed by atoms with van der Waals surface area (Å²) in [6, 6.07) is 27.6. The quantitative estimate of drug-likeness (QED) is 0.207. The first kappa shape index (κ1) is 25.2. The zero-order valence-electron chi connectivity index (χ0n) is 20.0. The smallest absolute Gasteiger partial charge is 0.271 e.